The zero-order chi connectivity index (χ0) is 21.3. The molecule has 0 saturated carbocycles. The molecule has 0 bridgehead atoms. The van der Waals surface area contributed by atoms with Crippen LogP contribution in [0.25, 0.3) is 0 Å². The zero-order valence-corrected chi connectivity index (χ0v) is 17.6. The number of carbonyl (C=O) groups excluding carboxylic acids is 1. The van der Waals surface area contributed by atoms with Gasteiger partial charge in [0.05, 0.1) is 25.4 Å². The first-order chi connectivity index (χ1) is 14.6. The highest BCUT2D eigenvalue weighted by atomic mass is 19.1. The largest absolute Gasteiger partial charge is 0.494 e. The van der Waals surface area contributed by atoms with E-state index in [0.717, 1.165) is 12.0 Å². The van der Waals surface area contributed by atoms with E-state index in [1.165, 1.54) is 31.4 Å². The number of hydrogen-bond acceptors (Lipinski definition) is 5. The van der Waals surface area contributed by atoms with Crippen molar-refractivity contribution in [3.05, 3.63) is 59.4 Å². The summed E-state index contributed by atoms with van der Waals surface area (Å²) < 4.78 is 36.2. The molecule has 1 heterocycles. The highest BCUT2D eigenvalue weighted by Gasteiger charge is 2.23. The lowest BCUT2D eigenvalue weighted by Crippen LogP contribution is -2.27. The molecule has 1 fully saturated rings. The molecule has 1 saturated heterocycles. The molecule has 0 aliphatic carbocycles. The number of esters is 1. The van der Waals surface area contributed by atoms with Gasteiger partial charge >= 0.3 is 5.97 Å². The Morgan fingerprint density at radius 2 is 1.80 bits per heavy atom. The van der Waals surface area contributed by atoms with Crippen LogP contribution in [0.3, 0.4) is 0 Å². The molecule has 0 amide bonds. The molecular formula is C24H29FO5. The standard InChI is InChI=1S/C24H29FO5/c1-3-5-6-7-17-15-28-24(29-16-17)19-10-8-18(9-11-19)23(26)30-22-13-12-20(27-4-2)14-21(22)25/h8-14,17,24H,3-7,15-16H2,1-2H3. The molecule has 3 rings (SSSR count). The van der Waals surface area contributed by atoms with Crippen LogP contribution < -0.4 is 9.47 Å². The lowest BCUT2D eigenvalue weighted by molar-refractivity contribution is -0.206. The van der Waals surface area contributed by atoms with Gasteiger partial charge in [-0.25, -0.2) is 9.18 Å². The maximum Gasteiger partial charge on any atom is 0.343 e. The third-order valence-corrected chi connectivity index (χ3v) is 5.02. The predicted molar refractivity (Wildman–Crippen MR) is 111 cm³/mol. The molecule has 5 nitrogen and oxygen atoms in total. The van der Waals surface area contributed by atoms with Crippen molar-refractivity contribution in [1.82, 2.24) is 0 Å². The molecule has 162 valence electrons. The average molecular weight is 416 g/mol. The fourth-order valence-corrected chi connectivity index (χ4v) is 3.34. The Hall–Kier alpha value is -2.44. The van der Waals surface area contributed by atoms with Gasteiger partial charge in [0.15, 0.2) is 17.9 Å². The third kappa shape index (κ3) is 6.03. The summed E-state index contributed by atoms with van der Waals surface area (Å²) in [5, 5.41) is 0. The Kier molecular flexibility index (Phi) is 8.22. The maximum absolute atomic E-state index is 14.1. The lowest BCUT2D eigenvalue weighted by Gasteiger charge is -2.29. The molecule has 0 aromatic heterocycles. The van der Waals surface area contributed by atoms with Crippen LogP contribution in [0, 0.1) is 11.7 Å². The summed E-state index contributed by atoms with van der Waals surface area (Å²) in [7, 11) is 0. The molecular weight excluding hydrogens is 387 g/mol. The third-order valence-electron chi connectivity index (χ3n) is 5.02. The Labute approximate surface area is 177 Å². The van der Waals surface area contributed by atoms with Crippen LogP contribution in [0.2, 0.25) is 0 Å². The van der Waals surface area contributed by atoms with E-state index in [0.29, 0.717) is 37.1 Å². The van der Waals surface area contributed by atoms with Gasteiger partial charge in [0.2, 0.25) is 0 Å². The molecule has 0 unspecified atom stereocenters. The van der Waals surface area contributed by atoms with Crippen molar-refractivity contribution in [2.45, 2.75) is 45.8 Å². The Morgan fingerprint density at radius 3 is 2.43 bits per heavy atom. The normalized spacial score (nSPS) is 18.8. The Morgan fingerprint density at radius 1 is 1.07 bits per heavy atom. The summed E-state index contributed by atoms with van der Waals surface area (Å²) in [5.41, 5.74) is 1.16. The van der Waals surface area contributed by atoms with Crippen molar-refractivity contribution in [2.75, 3.05) is 19.8 Å². The molecule has 0 atom stereocenters. The molecule has 1 aliphatic rings. The van der Waals surface area contributed by atoms with Crippen molar-refractivity contribution in [2.24, 2.45) is 5.92 Å². The van der Waals surface area contributed by atoms with Gasteiger partial charge in [0.25, 0.3) is 0 Å². The topological polar surface area (TPSA) is 54.0 Å². The number of hydrogen-bond donors (Lipinski definition) is 0. The molecule has 0 N–H and O–H groups in total. The maximum atomic E-state index is 14.1. The molecule has 2 aromatic carbocycles. The summed E-state index contributed by atoms with van der Waals surface area (Å²) in [4.78, 5) is 12.4. The predicted octanol–water partition coefficient (Wildman–Crippen LogP) is 5.69. The second-order valence-corrected chi connectivity index (χ2v) is 7.40. The molecule has 1 aliphatic heterocycles. The van der Waals surface area contributed by atoms with E-state index in [-0.39, 0.29) is 5.75 Å². The first-order valence-corrected chi connectivity index (χ1v) is 10.6. The Balaban J connectivity index is 1.54. The minimum Gasteiger partial charge on any atom is -0.494 e. The fraction of sp³-hybridized carbons (Fsp3) is 0.458. The smallest absolute Gasteiger partial charge is 0.343 e. The molecule has 30 heavy (non-hydrogen) atoms. The summed E-state index contributed by atoms with van der Waals surface area (Å²) in [6.45, 7) is 5.78. The zero-order valence-electron chi connectivity index (χ0n) is 17.6. The van der Waals surface area contributed by atoms with Crippen LogP contribution in [0.4, 0.5) is 4.39 Å². The van der Waals surface area contributed by atoms with E-state index in [2.05, 4.69) is 6.92 Å². The second-order valence-electron chi connectivity index (χ2n) is 7.40. The van der Waals surface area contributed by atoms with Gasteiger partial charge in [0, 0.05) is 17.5 Å². The van der Waals surface area contributed by atoms with Crippen molar-refractivity contribution in [3.8, 4) is 11.5 Å². The van der Waals surface area contributed by atoms with Crippen LogP contribution in [0.15, 0.2) is 42.5 Å². The van der Waals surface area contributed by atoms with Gasteiger partial charge in [-0.3, -0.25) is 0 Å². The fourth-order valence-electron chi connectivity index (χ4n) is 3.34. The van der Waals surface area contributed by atoms with Gasteiger partial charge in [-0.15, -0.1) is 0 Å². The highest BCUT2D eigenvalue weighted by Crippen LogP contribution is 2.28. The van der Waals surface area contributed by atoms with Crippen LogP contribution in [-0.2, 0) is 9.47 Å². The number of halogens is 1. The lowest BCUT2D eigenvalue weighted by atomic mass is 10.0. The van der Waals surface area contributed by atoms with Crippen molar-refractivity contribution < 1.29 is 28.1 Å². The van der Waals surface area contributed by atoms with Crippen molar-refractivity contribution in [1.29, 1.82) is 0 Å². The van der Waals surface area contributed by atoms with E-state index in [1.54, 1.807) is 30.3 Å². The van der Waals surface area contributed by atoms with Crippen molar-refractivity contribution >= 4 is 5.97 Å². The summed E-state index contributed by atoms with van der Waals surface area (Å²) >= 11 is 0. The van der Waals surface area contributed by atoms with Crippen LogP contribution in [-0.4, -0.2) is 25.8 Å². The van der Waals surface area contributed by atoms with Gasteiger partial charge < -0.3 is 18.9 Å². The first-order valence-electron chi connectivity index (χ1n) is 10.6. The van der Waals surface area contributed by atoms with Gasteiger partial charge in [-0.1, -0.05) is 38.3 Å². The number of rotatable bonds is 9. The SMILES string of the molecule is CCCCCC1COC(c2ccc(C(=O)Oc3ccc(OCC)cc3F)cc2)OC1. The van der Waals surface area contributed by atoms with Gasteiger partial charge in [-0.05, 0) is 37.6 Å². The number of ether oxygens (including phenoxy) is 4. The van der Waals surface area contributed by atoms with Crippen molar-refractivity contribution in [3.63, 3.8) is 0 Å². The first kappa shape index (κ1) is 22.2. The minimum atomic E-state index is -0.650. The summed E-state index contributed by atoms with van der Waals surface area (Å²) in [5.74, 6) is -0.597. The quantitative estimate of drug-likeness (QED) is 0.299. The van der Waals surface area contributed by atoms with E-state index >= 15 is 0 Å². The molecule has 6 heteroatoms. The van der Waals surface area contributed by atoms with E-state index in [4.69, 9.17) is 18.9 Å². The Bertz CT molecular complexity index is 813. The van der Waals surface area contributed by atoms with E-state index in [9.17, 15) is 9.18 Å². The van der Waals surface area contributed by atoms with E-state index < -0.39 is 18.1 Å². The number of benzene rings is 2. The van der Waals surface area contributed by atoms with Crippen LogP contribution >= 0.6 is 0 Å². The minimum absolute atomic E-state index is 0.138. The van der Waals surface area contributed by atoms with Crippen LogP contribution in [0.5, 0.6) is 11.5 Å². The van der Waals surface area contributed by atoms with Gasteiger partial charge in [-0.2, -0.15) is 0 Å². The summed E-state index contributed by atoms with van der Waals surface area (Å²) in [6, 6.07) is 10.9. The monoisotopic (exact) mass is 416 g/mol. The van der Waals surface area contributed by atoms with E-state index in [1.807, 2.05) is 6.92 Å². The van der Waals surface area contributed by atoms with Gasteiger partial charge in [0.1, 0.15) is 5.75 Å². The molecule has 2 aromatic rings. The number of unbranched alkanes of at least 4 members (excludes halogenated alkanes) is 2. The van der Waals surface area contributed by atoms with Crippen LogP contribution in [0.1, 0.15) is 61.7 Å². The average Bonchev–Trinajstić information content (AvgIpc) is 2.77. The second kappa shape index (κ2) is 11.1. The number of carbonyl (C=O) groups is 1. The molecule has 0 radical (unpaired) electrons. The molecule has 0 spiro atoms. The summed E-state index contributed by atoms with van der Waals surface area (Å²) in [6.07, 6.45) is 4.33. The highest BCUT2D eigenvalue weighted by molar-refractivity contribution is 5.91.